The van der Waals surface area contributed by atoms with Gasteiger partial charge >= 0.3 is 17.9 Å². The summed E-state index contributed by atoms with van der Waals surface area (Å²) < 4.78 is 5.80. The minimum Gasteiger partial charge on any atom is -0.480 e. The zero-order valence-electron chi connectivity index (χ0n) is 27.1. The van der Waals surface area contributed by atoms with Crippen LogP contribution in [0.5, 0.6) is 0 Å². The average molecular weight is 602 g/mol. The lowest BCUT2D eigenvalue weighted by Gasteiger charge is -2.58. The summed E-state index contributed by atoms with van der Waals surface area (Å²) in [5.74, 6) is 0.882. The third kappa shape index (κ3) is 7.47. The largest absolute Gasteiger partial charge is 0.480 e. The lowest BCUT2D eigenvalue weighted by molar-refractivity contribution is -0.154. The predicted octanol–water partition coefficient (Wildman–Crippen LogP) is 6.72. The molecule has 4 aliphatic carbocycles. The number of esters is 1. The van der Waals surface area contributed by atoms with E-state index >= 15 is 0 Å². The van der Waals surface area contributed by atoms with Gasteiger partial charge in [0.25, 0.3) is 0 Å². The van der Waals surface area contributed by atoms with Crippen molar-refractivity contribution in [2.24, 2.45) is 46.3 Å². The van der Waals surface area contributed by atoms with Gasteiger partial charge in [0.15, 0.2) is 0 Å². The molecule has 1 amide bonds. The number of hydrogen-bond acceptors (Lipinski definition) is 5. The van der Waals surface area contributed by atoms with Crippen LogP contribution in [0.1, 0.15) is 118 Å². The van der Waals surface area contributed by atoms with E-state index in [1.807, 2.05) is 0 Å². The fourth-order valence-electron chi connectivity index (χ4n) is 9.92. The molecule has 3 fully saturated rings. The van der Waals surface area contributed by atoms with Crippen LogP contribution in [-0.2, 0) is 23.9 Å². The van der Waals surface area contributed by atoms with Crippen LogP contribution in [0.3, 0.4) is 0 Å². The maximum atomic E-state index is 12.7. The van der Waals surface area contributed by atoms with Gasteiger partial charge in [-0.05, 0) is 91.3 Å². The summed E-state index contributed by atoms with van der Waals surface area (Å²) in [7, 11) is 0. The van der Waals surface area contributed by atoms with E-state index in [0.717, 1.165) is 60.2 Å². The van der Waals surface area contributed by atoms with E-state index in [9.17, 15) is 19.2 Å². The van der Waals surface area contributed by atoms with E-state index in [0.29, 0.717) is 11.3 Å². The summed E-state index contributed by atoms with van der Waals surface area (Å²) in [4.78, 5) is 47.8. The summed E-state index contributed by atoms with van der Waals surface area (Å²) in [5.41, 5.74) is 2.04. The summed E-state index contributed by atoms with van der Waals surface area (Å²) >= 11 is 0. The fourth-order valence-corrected chi connectivity index (χ4v) is 9.92. The first-order chi connectivity index (χ1) is 20.2. The van der Waals surface area contributed by atoms with Crippen molar-refractivity contribution in [3.8, 4) is 0 Å². The first-order valence-corrected chi connectivity index (χ1v) is 16.8. The number of rotatable bonds is 13. The number of carbonyl (C=O) groups is 4. The molecule has 8 unspecified atom stereocenters. The van der Waals surface area contributed by atoms with Crippen LogP contribution in [0.25, 0.3) is 0 Å². The average Bonchev–Trinajstić information content (AvgIpc) is 3.28. The van der Waals surface area contributed by atoms with E-state index in [1.54, 1.807) is 0 Å². The number of amides is 1. The van der Waals surface area contributed by atoms with E-state index in [-0.39, 0.29) is 24.4 Å². The highest BCUT2D eigenvalue weighted by molar-refractivity contribution is 5.87. The summed E-state index contributed by atoms with van der Waals surface area (Å²) in [6.07, 6.45) is 14.9. The lowest BCUT2D eigenvalue weighted by atomic mass is 9.47. The molecule has 8 heteroatoms. The number of hydrogen-bond donors (Lipinski definition) is 2. The van der Waals surface area contributed by atoms with Crippen LogP contribution in [0.2, 0.25) is 0 Å². The first kappa shape index (κ1) is 33.5. The normalized spacial score (nSPS) is 33.9. The van der Waals surface area contributed by atoms with Crippen molar-refractivity contribution in [3.05, 3.63) is 11.6 Å². The van der Waals surface area contributed by atoms with E-state index in [4.69, 9.17) is 14.9 Å². The number of aliphatic carboxylic acids is 2. The monoisotopic (exact) mass is 601 g/mol. The summed E-state index contributed by atoms with van der Waals surface area (Å²) in [6.45, 7) is 10.8. The fraction of sp³-hybridized carbons (Fsp3) is 0.829. The van der Waals surface area contributed by atoms with Crippen LogP contribution in [0.15, 0.2) is 11.6 Å². The molecule has 242 valence electrons. The van der Waals surface area contributed by atoms with Crippen LogP contribution >= 0.6 is 0 Å². The van der Waals surface area contributed by atoms with Gasteiger partial charge < -0.3 is 19.8 Å². The summed E-state index contributed by atoms with van der Waals surface area (Å²) in [5, 5.41) is 18.0. The van der Waals surface area contributed by atoms with Crippen LogP contribution in [0.4, 0.5) is 0 Å². The Morgan fingerprint density at radius 3 is 2.28 bits per heavy atom. The third-order valence-corrected chi connectivity index (χ3v) is 12.1. The van der Waals surface area contributed by atoms with Gasteiger partial charge in [-0.3, -0.25) is 19.2 Å². The number of ether oxygens (including phenoxy) is 1. The SMILES string of the molecule is CC(C)CCCC(C)C1CCC2C3CC=C4CC(OC(=O)CCC(=O)N(CC(=O)O)CC(=O)O)CCC4(C)C3CCC12C. The van der Waals surface area contributed by atoms with Gasteiger partial charge in [0.1, 0.15) is 19.2 Å². The predicted molar refractivity (Wildman–Crippen MR) is 164 cm³/mol. The molecule has 0 spiro atoms. The zero-order valence-corrected chi connectivity index (χ0v) is 27.1. The molecule has 0 aromatic carbocycles. The maximum absolute atomic E-state index is 12.7. The van der Waals surface area contributed by atoms with Crippen molar-refractivity contribution in [1.82, 2.24) is 4.90 Å². The second-order valence-electron chi connectivity index (χ2n) is 15.2. The van der Waals surface area contributed by atoms with Crippen LogP contribution in [0, 0.1) is 46.3 Å². The molecule has 43 heavy (non-hydrogen) atoms. The Morgan fingerprint density at radius 1 is 0.930 bits per heavy atom. The van der Waals surface area contributed by atoms with E-state index in [1.165, 1.54) is 50.5 Å². The lowest BCUT2D eigenvalue weighted by Crippen LogP contribution is -2.51. The molecule has 0 aliphatic heterocycles. The number of carbonyl (C=O) groups excluding carboxylic acids is 2. The van der Waals surface area contributed by atoms with Gasteiger partial charge in [-0.15, -0.1) is 0 Å². The Morgan fingerprint density at radius 2 is 1.63 bits per heavy atom. The first-order valence-electron chi connectivity index (χ1n) is 16.8. The Kier molecular flexibility index (Phi) is 10.7. The van der Waals surface area contributed by atoms with Gasteiger partial charge in [-0.25, -0.2) is 0 Å². The molecule has 8 nitrogen and oxygen atoms in total. The van der Waals surface area contributed by atoms with Crippen LogP contribution in [-0.4, -0.2) is 58.1 Å². The second kappa shape index (κ2) is 13.7. The molecular weight excluding hydrogens is 546 g/mol. The molecule has 2 N–H and O–H groups in total. The van der Waals surface area contributed by atoms with Crippen molar-refractivity contribution < 1.29 is 34.1 Å². The molecule has 4 rings (SSSR count). The van der Waals surface area contributed by atoms with Crippen molar-refractivity contribution >= 4 is 23.8 Å². The Hall–Kier alpha value is -2.38. The molecular formula is C35H55NO7. The number of allylic oxidation sites excluding steroid dienone is 1. The molecule has 8 atom stereocenters. The van der Waals surface area contributed by atoms with Gasteiger partial charge in [-0.1, -0.05) is 65.5 Å². The van der Waals surface area contributed by atoms with E-state index < -0.39 is 36.9 Å². The Bertz CT molecular complexity index is 1070. The standard InChI is InChI=1S/C35H55NO7/c1-22(2)7-6-8-23(3)27-11-12-28-26-10-9-24-19-25(15-17-34(24,4)29(26)16-18-35(27,28)5)43-33(42)14-13-30(37)36(20-31(38)39)21-32(40)41/h9,22-23,25-29H,6-8,10-21H2,1-5H3,(H,38,39)(H,40,41). The molecule has 0 bridgehead atoms. The zero-order chi connectivity index (χ0) is 31.5. The Labute approximate surface area is 258 Å². The van der Waals surface area contributed by atoms with Crippen LogP contribution < -0.4 is 0 Å². The van der Waals surface area contributed by atoms with Crippen molar-refractivity contribution in [1.29, 1.82) is 0 Å². The smallest absolute Gasteiger partial charge is 0.323 e. The number of carboxylic acid groups (broad SMARTS) is 2. The Balaban J connectivity index is 1.33. The van der Waals surface area contributed by atoms with Gasteiger partial charge in [0.2, 0.25) is 5.91 Å². The summed E-state index contributed by atoms with van der Waals surface area (Å²) in [6, 6.07) is 0. The molecule has 0 radical (unpaired) electrons. The quantitative estimate of drug-likeness (QED) is 0.178. The molecule has 0 saturated heterocycles. The molecule has 3 saturated carbocycles. The minimum absolute atomic E-state index is 0.151. The topological polar surface area (TPSA) is 121 Å². The molecule has 0 aromatic heterocycles. The number of fused-ring (bicyclic) bond motifs is 5. The number of nitrogens with zero attached hydrogens (tertiary/aromatic N) is 1. The van der Waals surface area contributed by atoms with Gasteiger partial charge in [0, 0.05) is 12.8 Å². The van der Waals surface area contributed by atoms with Gasteiger partial charge in [-0.2, -0.15) is 0 Å². The third-order valence-electron chi connectivity index (χ3n) is 12.1. The van der Waals surface area contributed by atoms with Crippen molar-refractivity contribution in [2.75, 3.05) is 13.1 Å². The highest BCUT2D eigenvalue weighted by Gasteiger charge is 2.59. The minimum atomic E-state index is -1.30. The molecule has 0 aromatic rings. The molecule has 4 aliphatic rings. The van der Waals surface area contributed by atoms with E-state index in [2.05, 4.69) is 40.7 Å². The molecule has 0 heterocycles. The second-order valence-corrected chi connectivity index (χ2v) is 15.2. The van der Waals surface area contributed by atoms with Crippen molar-refractivity contribution in [2.45, 2.75) is 124 Å². The number of carboxylic acids is 2. The van der Waals surface area contributed by atoms with Crippen molar-refractivity contribution in [3.63, 3.8) is 0 Å². The highest BCUT2D eigenvalue weighted by Crippen LogP contribution is 2.67. The highest BCUT2D eigenvalue weighted by atomic mass is 16.5. The van der Waals surface area contributed by atoms with Gasteiger partial charge in [0.05, 0.1) is 6.42 Å². The maximum Gasteiger partial charge on any atom is 0.323 e.